The Balaban J connectivity index is 2.42. The van der Waals surface area contributed by atoms with Crippen molar-refractivity contribution >= 4 is 22.8 Å². The fourth-order valence-electron chi connectivity index (χ4n) is 2.88. The first-order valence-corrected chi connectivity index (χ1v) is 8.94. The molecular formula is C19H18N4O2S. The lowest BCUT2D eigenvalue weighted by atomic mass is 10.1. The fourth-order valence-corrected chi connectivity index (χ4v) is 3.57. The maximum Gasteiger partial charge on any atom is 0.332 e. The zero-order chi connectivity index (χ0) is 19.0. The lowest BCUT2D eigenvalue weighted by Gasteiger charge is -2.12. The van der Waals surface area contributed by atoms with Crippen molar-refractivity contribution in [1.82, 2.24) is 19.1 Å². The first-order valence-electron chi connectivity index (χ1n) is 7.96. The molecule has 6 nitrogen and oxygen atoms in total. The molecule has 0 aliphatic carbocycles. The molecule has 0 aliphatic rings. The first kappa shape index (κ1) is 18.0. The van der Waals surface area contributed by atoms with Gasteiger partial charge in [-0.1, -0.05) is 34.9 Å². The number of rotatable bonds is 3. The van der Waals surface area contributed by atoms with Crippen LogP contribution in [-0.2, 0) is 14.1 Å². The summed E-state index contributed by atoms with van der Waals surface area (Å²) in [5, 5.41) is 0.793. The Labute approximate surface area is 154 Å². The molecule has 0 bridgehead atoms. The molecule has 0 fully saturated rings. The maximum absolute atomic E-state index is 12.6. The van der Waals surface area contributed by atoms with Crippen LogP contribution in [0.4, 0.5) is 0 Å². The molecule has 1 aromatic carbocycles. The Kier molecular flexibility index (Phi) is 4.70. The Hall–Kier alpha value is -2.85. The van der Waals surface area contributed by atoms with Gasteiger partial charge in [-0.3, -0.25) is 13.9 Å². The summed E-state index contributed by atoms with van der Waals surface area (Å²) >= 11 is 1.29. The van der Waals surface area contributed by atoms with E-state index in [1.165, 1.54) is 23.4 Å². The van der Waals surface area contributed by atoms with Crippen molar-refractivity contribution in [1.29, 1.82) is 0 Å². The van der Waals surface area contributed by atoms with Crippen LogP contribution in [0.2, 0.25) is 0 Å². The van der Waals surface area contributed by atoms with Crippen molar-refractivity contribution in [2.45, 2.75) is 18.9 Å². The zero-order valence-corrected chi connectivity index (χ0v) is 15.8. The minimum absolute atomic E-state index is 0.307. The van der Waals surface area contributed by atoms with E-state index >= 15 is 0 Å². The Morgan fingerprint density at radius 1 is 1.08 bits per heavy atom. The van der Waals surface area contributed by atoms with E-state index in [0.29, 0.717) is 27.6 Å². The number of aromatic nitrogens is 4. The number of benzene rings is 1. The minimum atomic E-state index is -0.430. The number of hydrogen-bond acceptors (Lipinski definition) is 5. The van der Waals surface area contributed by atoms with Gasteiger partial charge in [-0.25, -0.2) is 14.8 Å². The van der Waals surface area contributed by atoms with Crippen molar-refractivity contribution in [3.8, 4) is 23.7 Å². The lowest BCUT2D eigenvalue weighted by molar-refractivity contribution is 0.703. The van der Waals surface area contributed by atoms with E-state index in [1.807, 2.05) is 26.0 Å². The molecule has 0 saturated heterocycles. The van der Waals surface area contributed by atoms with Gasteiger partial charge in [-0.2, -0.15) is 0 Å². The third-order valence-electron chi connectivity index (χ3n) is 4.04. The zero-order valence-electron chi connectivity index (χ0n) is 15.0. The van der Waals surface area contributed by atoms with E-state index in [0.717, 1.165) is 21.3 Å². The largest absolute Gasteiger partial charge is 0.332 e. The maximum atomic E-state index is 12.6. The molecular weight excluding hydrogens is 348 g/mol. The van der Waals surface area contributed by atoms with Crippen molar-refractivity contribution in [3.05, 3.63) is 50.2 Å². The number of thioether (sulfide) groups is 1. The molecule has 0 unspecified atom stereocenters. The molecule has 132 valence electrons. The highest BCUT2D eigenvalue weighted by Gasteiger charge is 2.18. The van der Waals surface area contributed by atoms with Crippen LogP contribution in [-0.4, -0.2) is 24.9 Å². The molecule has 2 aromatic heterocycles. The van der Waals surface area contributed by atoms with Gasteiger partial charge < -0.3 is 0 Å². The Bertz CT molecular complexity index is 1170. The van der Waals surface area contributed by atoms with Crippen LogP contribution in [0.15, 0.2) is 32.8 Å². The van der Waals surface area contributed by atoms with Crippen molar-refractivity contribution < 1.29 is 0 Å². The third kappa shape index (κ3) is 3.04. The molecule has 0 spiro atoms. The van der Waals surface area contributed by atoms with E-state index in [9.17, 15) is 9.59 Å². The summed E-state index contributed by atoms with van der Waals surface area (Å²) in [6.45, 7) is 3.99. The van der Waals surface area contributed by atoms with Crippen LogP contribution < -0.4 is 11.2 Å². The standard InChI is InChI=1S/C19H18N4O2S/c1-6-7-26-17-14-16(22(4)19(25)23(5)18(14)24)20-15(21-17)13-9-11(2)8-12(3)10-13/h1,8-10H,7H2,2-5H3. The normalized spacial score (nSPS) is 10.9. The van der Waals surface area contributed by atoms with Gasteiger partial charge in [0.25, 0.3) is 5.56 Å². The summed E-state index contributed by atoms with van der Waals surface area (Å²) in [5.41, 5.74) is 2.45. The highest BCUT2D eigenvalue weighted by Crippen LogP contribution is 2.26. The molecule has 0 saturated carbocycles. The molecule has 0 radical (unpaired) electrons. The molecule has 0 atom stereocenters. The van der Waals surface area contributed by atoms with Gasteiger partial charge in [0, 0.05) is 19.7 Å². The highest BCUT2D eigenvalue weighted by molar-refractivity contribution is 7.99. The van der Waals surface area contributed by atoms with E-state index in [1.54, 1.807) is 7.05 Å². The number of aryl methyl sites for hydroxylation is 3. The van der Waals surface area contributed by atoms with Crippen molar-refractivity contribution in [2.24, 2.45) is 14.1 Å². The summed E-state index contributed by atoms with van der Waals surface area (Å²) in [6, 6.07) is 6.01. The number of terminal acetylenes is 1. The summed E-state index contributed by atoms with van der Waals surface area (Å²) in [6.07, 6.45) is 5.38. The summed E-state index contributed by atoms with van der Waals surface area (Å²) < 4.78 is 2.42. The average molecular weight is 366 g/mol. The third-order valence-corrected chi connectivity index (χ3v) is 4.92. The van der Waals surface area contributed by atoms with Crippen LogP contribution in [0.1, 0.15) is 11.1 Å². The SMILES string of the molecule is C#CCSc1nc(-c2cc(C)cc(C)c2)nc2c1c(=O)n(C)c(=O)n2C. The van der Waals surface area contributed by atoms with Gasteiger partial charge in [0.1, 0.15) is 10.4 Å². The molecule has 2 heterocycles. The monoisotopic (exact) mass is 366 g/mol. The van der Waals surface area contributed by atoms with Gasteiger partial charge in [0.15, 0.2) is 11.5 Å². The van der Waals surface area contributed by atoms with E-state index < -0.39 is 11.2 Å². The van der Waals surface area contributed by atoms with E-state index in [2.05, 4.69) is 22.0 Å². The predicted molar refractivity (Wildman–Crippen MR) is 104 cm³/mol. The van der Waals surface area contributed by atoms with Gasteiger partial charge in [-0.15, -0.1) is 6.42 Å². The van der Waals surface area contributed by atoms with Crippen molar-refractivity contribution in [3.63, 3.8) is 0 Å². The van der Waals surface area contributed by atoms with Crippen molar-refractivity contribution in [2.75, 3.05) is 5.75 Å². The van der Waals surface area contributed by atoms with Crippen LogP contribution >= 0.6 is 11.8 Å². The smallest absolute Gasteiger partial charge is 0.280 e. The minimum Gasteiger partial charge on any atom is -0.280 e. The van der Waals surface area contributed by atoms with Crippen LogP contribution in [0, 0.1) is 26.2 Å². The van der Waals surface area contributed by atoms with Gasteiger partial charge in [0.05, 0.1) is 5.75 Å². The second kappa shape index (κ2) is 6.81. The molecule has 0 amide bonds. The number of nitrogens with zero attached hydrogens (tertiary/aromatic N) is 4. The van der Waals surface area contributed by atoms with Gasteiger partial charge in [-0.05, 0) is 26.0 Å². The summed E-state index contributed by atoms with van der Waals surface area (Å²) in [4.78, 5) is 34.1. The lowest BCUT2D eigenvalue weighted by Crippen LogP contribution is -2.37. The highest BCUT2D eigenvalue weighted by atomic mass is 32.2. The quantitative estimate of drug-likeness (QED) is 0.403. The average Bonchev–Trinajstić information content (AvgIpc) is 2.61. The summed E-state index contributed by atoms with van der Waals surface area (Å²) in [5.74, 6) is 3.37. The second-order valence-electron chi connectivity index (χ2n) is 6.13. The van der Waals surface area contributed by atoms with Crippen LogP contribution in [0.5, 0.6) is 0 Å². The second-order valence-corrected chi connectivity index (χ2v) is 7.09. The van der Waals surface area contributed by atoms with E-state index in [4.69, 9.17) is 6.42 Å². The fraction of sp³-hybridized carbons (Fsp3) is 0.263. The number of hydrogen-bond donors (Lipinski definition) is 0. The predicted octanol–water partition coefficient (Wildman–Crippen LogP) is 2.04. The molecule has 3 aromatic rings. The number of fused-ring (bicyclic) bond motifs is 1. The molecule has 26 heavy (non-hydrogen) atoms. The molecule has 3 rings (SSSR count). The first-order chi connectivity index (χ1) is 12.3. The Morgan fingerprint density at radius 2 is 1.73 bits per heavy atom. The topological polar surface area (TPSA) is 69.8 Å². The Morgan fingerprint density at radius 3 is 2.35 bits per heavy atom. The van der Waals surface area contributed by atoms with Crippen LogP contribution in [0.25, 0.3) is 22.4 Å². The molecule has 0 aliphatic heterocycles. The van der Waals surface area contributed by atoms with Gasteiger partial charge in [0.2, 0.25) is 0 Å². The molecule has 7 heteroatoms. The van der Waals surface area contributed by atoms with Crippen LogP contribution in [0.3, 0.4) is 0 Å². The summed E-state index contributed by atoms with van der Waals surface area (Å²) in [7, 11) is 3.04. The molecule has 0 N–H and O–H groups in total. The van der Waals surface area contributed by atoms with E-state index in [-0.39, 0.29) is 0 Å². The van der Waals surface area contributed by atoms with Gasteiger partial charge >= 0.3 is 5.69 Å².